The van der Waals surface area contributed by atoms with Crippen LogP contribution in [0.2, 0.25) is 5.02 Å². The molecule has 0 unspecified atom stereocenters. The highest BCUT2D eigenvalue weighted by Gasteiger charge is 2.33. The first-order valence-corrected chi connectivity index (χ1v) is 12.0. The maximum atomic E-state index is 13.1. The highest BCUT2D eigenvalue weighted by Crippen LogP contribution is 2.26. The lowest BCUT2D eigenvalue weighted by molar-refractivity contribution is 0.0662. The van der Waals surface area contributed by atoms with Gasteiger partial charge in [-0.1, -0.05) is 11.6 Å². The summed E-state index contributed by atoms with van der Waals surface area (Å²) < 4.78 is 33.4. The summed E-state index contributed by atoms with van der Waals surface area (Å²) >= 11 is 6.01. The zero-order chi connectivity index (χ0) is 21.8. The number of carbonyl (C=O) groups is 1. The molecule has 3 aromatic rings. The van der Waals surface area contributed by atoms with Gasteiger partial charge in [-0.25, -0.2) is 8.42 Å². The van der Waals surface area contributed by atoms with Gasteiger partial charge in [0.05, 0.1) is 6.54 Å². The number of furan rings is 1. The van der Waals surface area contributed by atoms with Gasteiger partial charge in [-0.15, -0.1) is 12.4 Å². The number of hydrogen-bond acceptors (Lipinski definition) is 5. The molecule has 0 bridgehead atoms. The van der Waals surface area contributed by atoms with Gasteiger partial charge in [0.1, 0.15) is 10.8 Å². The van der Waals surface area contributed by atoms with E-state index < -0.39 is 10.0 Å². The van der Waals surface area contributed by atoms with E-state index in [9.17, 15) is 13.2 Å². The molecule has 1 fully saturated rings. The van der Waals surface area contributed by atoms with Crippen molar-refractivity contribution in [3.05, 3.63) is 52.4 Å². The number of carbonyl (C=O) groups excluding carboxylic acids is 1. The molecule has 0 aliphatic carbocycles. The van der Waals surface area contributed by atoms with Gasteiger partial charge in [-0.05, 0) is 49.4 Å². The third-order valence-corrected chi connectivity index (χ3v) is 8.04. The number of benzene rings is 1. The van der Waals surface area contributed by atoms with Gasteiger partial charge in [0, 0.05) is 48.6 Å². The minimum absolute atomic E-state index is 0. The molecule has 2 aromatic heterocycles. The van der Waals surface area contributed by atoms with Crippen LogP contribution in [-0.4, -0.2) is 73.2 Å². The number of likely N-dealkylation sites (N-methyl/N-ethyl adjacent to an activating group) is 1. The number of sulfonamides is 1. The number of piperazine rings is 1. The summed E-state index contributed by atoms with van der Waals surface area (Å²) in [4.78, 5) is 19.7. The largest absolute Gasteiger partial charge is 0.454 e. The van der Waals surface area contributed by atoms with Crippen LogP contribution in [0.3, 0.4) is 0 Å². The maximum Gasteiger partial charge on any atom is 0.289 e. The van der Waals surface area contributed by atoms with Gasteiger partial charge in [-0.2, -0.15) is 4.31 Å². The van der Waals surface area contributed by atoms with Gasteiger partial charge < -0.3 is 14.3 Å². The van der Waals surface area contributed by atoms with Crippen molar-refractivity contribution >= 4 is 50.8 Å². The van der Waals surface area contributed by atoms with Gasteiger partial charge in [0.2, 0.25) is 0 Å². The van der Waals surface area contributed by atoms with E-state index in [0.29, 0.717) is 35.9 Å². The van der Waals surface area contributed by atoms with E-state index in [1.54, 1.807) is 29.2 Å². The third-order valence-electron chi connectivity index (χ3n) is 5.99. The molecule has 8 nitrogen and oxygen atoms in total. The Morgan fingerprint density at radius 1 is 1.09 bits per heavy atom. The van der Waals surface area contributed by atoms with Crippen LogP contribution in [0.25, 0.3) is 10.9 Å². The summed E-state index contributed by atoms with van der Waals surface area (Å²) in [5.41, 5.74) is 1.80. The van der Waals surface area contributed by atoms with E-state index in [-0.39, 0.29) is 36.4 Å². The molecule has 0 spiro atoms. The molecule has 4 heterocycles. The van der Waals surface area contributed by atoms with Crippen LogP contribution < -0.4 is 0 Å². The summed E-state index contributed by atoms with van der Waals surface area (Å²) in [5.74, 6) is 0.996. The van der Waals surface area contributed by atoms with E-state index in [0.717, 1.165) is 29.7 Å². The van der Waals surface area contributed by atoms with Crippen LogP contribution in [0.4, 0.5) is 0 Å². The molecule has 1 amide bonds. The average Bonchev–Trinajstić information content (AvgIpc) is 3.37. The van der Waals surface area contributed by atoms with Crippen LogP contribution in [0.1, 0.15) is 21.9 Å². The second-order valence-corrected chi connectivity index (χ2v) is 10.5. The number of halogens is 2. The molecule has 2 aliphatic rings. The van der Waals surface area contributed by atoms with Crippen molar-refractivity contribution in [1.82, 2.24) is 19.1 Å². The predicted molar refractivity (Wildman–Crippen MR) is 124 cm³/mol. The Morgan fingerprint density at radius 2 is 1.84 bits per heavy atom. The number of aromatic amines is 1. The van der Waals surface area contributed by atoms with E-state index in [4.69, 9.17) is 16.0 Å². The lowest BCUT2D eigenvalue weighted by atomic mass is 10.1. The zero-order valence-electron chi connectivity index (χ0n) is 17.5. The van der Waals surface area contributed by atoms with Gasteiger partial charge in [0.15, 0.2) is 5.76 Å². The summed E-state index contributed by atoms with van der Waals surface area (Å²) in [6.07, 6.45) is 0.865. The lowest BCUT2D eigenvalue weighted by Gasteiger charge is -2.33. The average molecular weight is 499 g/mol. The van der Waals surface area contributed by atoms with Crippen LogP contribution in [-0.2, 0) is 23.0 Å². The summed E-state index contributed by atoms with van der Waals surface area (Å²) in [5, 5.41) is 1.42. The molecule has 1 N–H and O–H groups in total. The standard InChI is InChI=1S/C21H23ClN4O4S.ClH/c1-24-5-4-14-11-18(30-19(14)13-24)21(27)25-6-8-26(9-7-25)31(28,29)20-12-15-10-16(22)2-3-17(15)23-20;/h2-3,10-12,23H,4-9,13H2,1H3;1H. The number of hydrogen-bond donors (Lipinski definition) is 1. The first kappa shape index (κ1) is 23.1. The van der Waals surface area contributed by atoms with Crippen molar-refractivity contribution in [1.29, 1.82) is 0 Å². The van der Waals surface area contributed by atoms with Crippen molar-refractivity contribution in [2.24, 2.45) is 0 Å². The van der Waals surface area contributed by atoms with E-state index in [1.165, 1.54) is 4.31 Å². The Labute approximate surface area is 197 Å². The number of amides is 1. The van der Waals surface area contributed by atoms with E-state index >= 15 is 0 Å². The monoisotopic (exact) mass is 498 g/mol. The first-order valence-electron chi connectivity index (χ1n) is 10.2. The SMILES string of the molecule is CN1CCc2cc(C(=O)N3CCN(S(=O)(=O)c4cc5cc(Cl)ccc5[nH]4)CC3)oc2C1.Cl. The van der Waals surface area contributed by atoms with Crippen LogP contribution in [0.15, 0.2) is 39.8 Å². The highest BCUT2D eigenvalue weighted by molar-refractivity contribution is 7.89. The molecule has 0 radical (unpaired) electrons. The van der Waals surface area contributed by atoms with Crippen molar-refractivity contribution < 1.29 is 17.6 Å². The smallest absolute Gasteiger partial charge is 0.289 e. The Bertz CT molecular complexity index is 1260. The molecular formula is C21H24Cl2N4O4S. The van der Waals surface area contributed by atoms with Gasteiger partial charge >= 0.3 is 0 Å². The fraction of sp³-hybridized carbons (Fsp3) is 0.381. The van der Waals surface area contributed by atoms with Crippen molar-refractivity contribution in [3.63, 3.8) is 0 Å². The Balaban J connectivity index is 0.00000245. The zero-order valence-corrected chi connectivity index (χ0v) is 19.9. The fourth-order valence-corrected chi connectivity index (χ4v) is 5.81. The first-order chi connectivity index (χ1) is 14.8. The highest BCUT2D eigenvalue weighted by atomic mass is 35.5. The lowest BCUT2D eigenvalue weighted by Crippen LogP contribution is -2.50. The summed E-state index contributed by atoms with van der Waals surface area (Å²) in [7, 11) is -1.67. The normalized spacial score (nSPS) is 17.9. The van der Waals surface area contributed by atoms with E-state index in [1.807, 2.05) is 13.1 Å². The Morgan fingerprint density at radius 3 is 2.59 bits per heavy atom. The predicted octanol–water partition coefficient (Wildman–Crippen LogP) is 2.97. The number of nitrogens with zero attached hydrogens (tertiary/aromatic N) is 3. The van der Waals surface area contributed by atoms with Crippen LogP contribution >= 0.6 is 24.0 Å². The molecule has 1 aromatic carbocycles. The maximum absolute atomic E-state index is 13.1. The van der Waals surface area contributed by atoms with Crippen LogP contribution in [0, 0.1) is 0 Å². The summed E-state index contributed by atoms with van der Waals surface area (Å²) in [6, 6.07) is 8.63. The molecule has 0 saturated carbocycles. The third kappa shape index (κ3) is 4.15. The van der Waals surface area contributed by atoms with Gasteiger partial charge in [0.25, 0.3) is 15.9 Å². The minimum atomic E-state index is -3.69. The molecule has 2 aliphatic heterocycles. The fourth-order valence-electron chi connectivity index (χ4n) is 4.20. The number of H-pyrrole nitrogens is 1. The molecule has 32 heavy (non-hydrogen) atoms. The van der Waals surface area contributed by atoms with Gasteiger partial charge in [-0.3, -0.25) is 9.69 Å². The number of nitrogens with one attached hydrogen (secondary N) is 1. The molecule has 172 valence electrons. The Kier molecular flexibility index (Phi) is 6.30. The summed E-state index contributed by atoms with van der Waals surface area (Å²) in [6.45, 7) is 2.73. The molecule has 5 rings (SSSR count). The quantitative estimate of drug-likeness (QED) is 0.599. The van der Waals surface area contributed by atoms with Crippen molar-refractivity contribution in [3.8, 4) is 0 Å². The van der Waals surface area contributed by atoms with Crippen molar-refractivity contribution in [2.45, 2.75) is 18.0 Å². The number of rotatable bonds is 3. The molecule has 11 heteroatoms. The molecule has 1 saturated heterocycles. The van der Waals surface area contributed by atoms with Crippen molar-refractivity contribution in [2.75, 3.05) is 39.8 Å². The second-order valence-electron chi connectivity index (χ2n) is 8.11. The number of fused-ring (bicyclic) bond motifs is 2. The Hall–Kier alpha value is -2.04. The van der Waals surface area contributed by atoms with Crippen LogP contribution in [0.5, 0.6) is 0 Å². The minimum Gasteiger partial charge on any atom is -0.454 e. The molecule has 0 atom stereocenters. The molecular weight excluding hydrogens is 475 g/mol. The number of aromatic nitrogens is 1. The topological polar surface area (TPSA) is 89.9 Å². The second kappa shape index (κ2) is 8.72. The van der Waals surface area contributed by atoms with E-state index in [2.05, 4.69) is 9.88 Å².